The Balaban J connectivity index is 1.44. The Labute approximate surface area is 185 Å². The second-order valence-corrected chi connectivity index (χ2v) is 8.00. The average Bonchev–Trinajstić information content (AvgIpc) is 3.28. The molecule has 0 saturated carbocycles. The van der Waals surface area contributed by atoms with E-state index in [0.29, 0.717) is 5.82 Å². The van der Waals surface area contributed by atoms with E-state index < -0.39 is 4.92 Å². The van der Waals surface area contributed by atoms with Crippen molar-refractivity contribution in [3.63, 3.8) is 0 Å². The number of nitrogens with zero attached hydrogens (tertiary/aromatic N) is 5. The molecule has 0 amide bonds. The lowest BCUT2D eigenvalue weighted by Crippen LogP contribution is -2.35. The Bertz CT molecular complexity index is 1240. The number of fused-ring (bicyclic) bond motifs is 1. The third-order valence-electron chi connectivity index (χ3n) is 5.87. The fourth-order valence-electron chi connectivity index (χ4n) is 4.14. The van der Waals surface area contributed by atoms with Crippen molar-refractivity contribution in [2.24, 2.45) is 0 Å². The van der Waals surface area contributed by atoms with Gasteiger partial charge < -0.3 is 9.32 Å². The quantitative estimate of drug-likeness (QED) is 0.320. The normalized spacial score (nSPS) is 16.4. The van der Waals surface area contributed by atoms with Crippen LogP contribution in [0.1, 0.15) is 37.3 Å². The van der Waals surface area contributed by atoms with E-state index in [9.17, 15) is 10.1 Å². The van der Waals surface area contributed by atoms with Gasteiger partial charge in [-0.25, -0.2) is 15.0 Å². The second kappa shape index (κ2) is 8.37. The van der Waals surface area contributed by atoms with Crippen LogP contribution in [0.5, 0.6) is 0 Å². The van der Waals surface area contributed by atoms with E-state index in [-0.39, 0.29) is 11.6 Å². The standard InChI is InChI=1S/C24H23N5O3/c1-2-18-14-22(27-23(25-18)16-9-11-19(12-10-16)29(30)31)28-13-5-6-17(15-28)24-26-20-7-3-4-8-21(20)32-24/h3-4,7-12,14,17H,2,5-6,13,15H2,1H3. The third kappa shape index (κ3) is 3.91. The minimum absolute atomic E-state index is 0.0535. The number of non-ortho nitro benzene ring substituents is 1. The first-order valence-corrected chi connectivity index (χ1v) is 10.8. The van der Waals surface area contributed by atoms with Crippen LogP contribution in [0.25, 0.3) is 22.5 Å². The lowest BCUT2D eigenvalue weighted by Gasteiger charge is -2.32. The monoisotopic (exact) mass is 429 g/mol. The van der Waals surface area contributed by atoms with Crippen LogP contribution in [0, 0.1) is 10.1 Å². The van der Waals surface area contributed by atoms with Gasteiger partial charge in [0.05, 0.1) is 10.8 Å². The Morgan fingerprint density at radius 3 is 2.69 bits per heavy atom. The summed E-state index contributed by atoms with van der Waals surface area (Å²) in [7, 11) is 0. The van der Waals surface area contributed by atoms with E-state index in [4.69, 9.17) is 14.4 Å². The lowest BCUT2D eigenvalue weighted by molar-refractivity contribution is -0.384. The van der Waals surface area contributed by atoms with Crippen LogP contribution in [0.4, 0.5) is 11.5 Å². The fraction of sp³-hybridized carbons (Fsp3) is 0.292. The summed E-state index contributed by atoms with van der Waals surface area (Å²) in [4.78, 5) is 27.0. The molecule has 0 aliphatic carbocycles. The molecule has 1 saturated heterocycles. The van der Waals surface area contributed by atoms with Gasteiger partial charge in [0.2, 0.25) is 0 Å². The fourth-order valence-corrected chi connectivity index (χ4v) is 4.14. The van der Waals surface area contributed by atoms with Crippen molar-refractivity contribution in [3.05, 3.63) is 76.3 Å². The van der Waals surface area contributed by atoms with E-state index in [1.54, 1.807) is 12.1 Å². The third-order valence-corrected chi connectivity index (χ3v) is 5.87. The van der Waals surface area contributed by atoms with Gasteiger partial charge in [-0.3, -0.25) is 10.1 Å². The first-order chi connectivity index (χ1) is 15.6. The number of piperidine rings is 1. The van der Waals surface area contributed by atoms with Crippen LogP contribution in [-0.2, 0) is 6.42 Å². The molecule has 1 aliphatic rings. The van der Waals surface area contributed by atoms with Crippen LogP contribution in [0.15, 0.2) is 59.0 Å². The minimum atomic E-state index is -0.404. The molecule has 8 nitrogen and oxygen atoms in total. The van der Waals surface area contributed by atoms with Crippen molar-refractivity contribution in [1.82, 2.24) is 15.0 Å². The second-order valence-electron chi connectivity index (χ2n) is 8.00. The number of aryl methyl sites for hydroxylation is 1. The number of hydrogen-bond acceptors (Lipinski definition) is 7. The summed E-state index contributed by atoms with van der Waals surface area (Å²) in [6.45, 7) is 3.73. The van der Waals surface area contributed by atoms with Gasteiger partial charge in [0.25, 0.3) is 5.69 Å². The van der Waals surface area contributed by atoms with Crippen molar-refractivity contribution in [3.8, 4) is 11.4 Å². The first kappa shape index (κ1) is 20.1. The average molecular weight is 429 g/mol. The molecule has 162 valence electrons. The number of benzene rings is 2. The molecule has 1 atom stereocenters. The molecule has 32 heavy (non-hydrogen) atoms. The summed E-state index contributed by atoms with van der Waals surface area (Å²) in [5.74, 6) is 2.42. The highest BCUT2D eigenvalue weighted by Crippen LogP contribution is 2.32. The summed E-state index contributed by atoms with van der Waals surface area (Å²) < 4.78 is 6.03. The number of rotatable bonds is 5. The van der Waals surface area contributed by atoms with Gasteiger partial charge in [-0.1, -0.05) is 19.1 Å². The first-order valence-electron chi connectivity index (χ1n) is 10.8. The molecule has 0 radical (unpaired) electrons. The Hall–Kier alpha value is -3.81. The Morgan fingerprint density at radius 2 is 1.94 bits per heavy atom. The minimum Gasteiger partial charge on any atom is -0.440 e. The topological polar surface area (TPSA) is 98.2 Å². The van der Waals surface area contributed by atoms with Crippen molar-refractivity contribution in [2.75, 3.05) is 18.0 Å². The smallest absolute Gasteiger partial charge is 0.269 e. The van der Waals surface area contributed by atoms with Crippen LogP contribution >= 0.6 is 0 Å². The highest BCUT2D eigenvalue weighted by atomic mass is 16.6. The largest absolute Gasteiger partial charge is 0.440 e. The van der Waals surface area contributed by atoms with Crippen molar-refractivity contribution in [2.45, 2.75) is 32.1 Å². The maximum atomic E-state index is 11.0. The molecule has 5 rings (SSSR count). The van der Waals surface area contributed by atoms with Gasteiger partial charge in [-0.05, 0) is 43.5 Å². The molecular formula is C24H23N5O3. The number of oxazole rings is 1. The lowest BCUT2D eigenvalue weighted by atomic mass is 9.98. The van der Waals surface area contributed by atoms with Gasteiger partial charge in [-0.2, -0.15) is 0 Å². The number of aromatic nitrogens is 3. The Kier molecular flexibility index (Phi) is 5.26. The van der Waals surface area contributed by atoms with Gasteiger partial charge >= 0.3 is 0 Å². The molecule has 1 aliphatic heterocycles. The zero-order valence-corrected chi connectivity index (χ0v) is 17.8. The summed E-state index contributed by atoms with van der Waals surface area (Å²) >= 11 is 0. The predicted octanol–water partition coefficient (Wildman–Crippen LogP) is 5.14. The van der Waals surface area contributed by atoms with Gasteiger partial charge in [0, 0.05) is 42.5 Å². The van der Waals surface area contributed by atoms with Gasteiger partial charge in [-0.15, -0.1) is 0 Å². The van der Waals surface area contributed by atoms with Gasteiger partial charge in [0.15, 0.2) is 17.3 Å². The van der Waals surface area contributed by atoms with Crippen LogP contribution < -0.4 is 4.90 Å². The van der Waals surface area contributed by atoms with E-state index in [2.05, 4.69) is 16.8 Å². The molecule has 0 spiro atoms. The maximum Gasteiger partial charge on any atom is 0.269 e. The van der Waals surface area contributed by atoms with E-state index in [1.807, 2.05) is 30.3 Å². The maximum absolute atomic E-state index is 11.0. The molecule has 0 N–H and O–H groups in total. The number of anilines is 1. The molecule has 3 heterocycles. The highest BCUT2D eigenvalue weighted by molar-refractivity contribution is 5.72. The zero-order valence-electron chi connectivity index (χ0n) is 17.8. The number of hydrogen-bond donors (Lipinski definition) is 0. The molecule has 2 aromatic heterocycles. The van der Waals surface area contributed by atoms with Crippen molar-refractivity contribution in [1.29, 1.82) is 0 Å². The SMILES string of the molecule is CCc1cc(N2CCCC(c3nc4ccccc4o3)C2)nc(-c2ccc([N+](=O)[O-])cc2)n1. The zero-order chi connectivity index (χ0) is 22.1. The van der Waals surface area contributed by atoms with Crippen LogP contribution in [0.3, 0.4) is 0 Å². The Morgan fingerprint density at radius 1 is 1.12 bits per heavy atom. The van der Waals surface area contributed by atoms with Crippen LogP contribution in [-0.4, -0.2) is 33.0 Å². The molecular weight excluding hydrogens is 406 g/mol. The van der Waals surface area contributed by atoms with Crippen LogP contribution in [0.2, 0.25) is 0 Å². The van der Waals surface area contributed by atoms with Gasteiger partial charge in [0.1, 0.15) is 11.3 Å². The van der Waals surface area contributed by atoms with E-state index in [0.717, 1.165) is 66.4 Å². The summed E-state index contributed by atoms with van der Waals surface area (Å²) in [5.41, 5.74) is 3.45. The summed E-state index contributed by atoms with van der Waals surface area (Å²) in [5, 5.41) is 11.0. The molecule has 2 aromatic carbocycles. The highest BCUT2D eigenvalue weighted by Gasteiger charge is 2.27. The number of nitro groups is 1. The number of nitro benzene ring substituents is 1. The summed E-state index contributed by atoms with van der Waals surface area (Å²) in [6, 6.07) is 16.2. The van der Waals surface area contributed by atoms with Crippen molar-refractivity contribution < 1.29 is 9.34 Å². The predicted molar refractivity (Wildman–Crippen MR) is 122 cm³/mol. The molecule has 8 heteroatoms. The van der Waals surface area contributed by atoms with Crippen molar-refractivity contribution >= 4 is 22.6 Å². The molecule has 1 unspecified atom stereocenters. The number of para-hydroxylation sites is 2. The van der Waals surface area contributed by atoms with E-state index >= 15 is 0 Å². The molecule has 0 bridgehead atoms. The van der Waals surface area contributed by atoms with E-state index in [1.165, 1.54) is 12.1 Å². The molecule has 4 aromatic rings. The molecule has 1 fully saturated rings. The summed E-state index contributed by atoms with van der Waals surface area (Å²) in [6.07, 6.45) is 2.81.